The molecule has 0 saturated heterocycles. The van der Waals surface area contributed by atoms with Crippen LogP contribution in [-0.2, 0) is 4.74 Å². The molecule has 1 rings (SSSR count). The van der Waals surface area contributed by atoms with Crippen molar-refractivity contribution in [2.24, 2.45) is 0 Å². The van der Waals surface area contributed by atoms with Crippen LogP contribution in [0.15, 0.2) is 37.1 Å². The Morgan fingerprint density at radius 1 is 1.44 bits per heavy atom. The summed E-state index contributed by atoms with van der Waals surface area (Å²) in [5.41, 5.74) is 2.71. The Hall–Kier alpha value is -1.28. The van der Waals surface area contributed by atoms with Gasteiger partial charge < -0.3 is 10.1 Å². The Balaban J connectivity index is 2.32. The van der Waals surface area contributed by atoms with Crippen molar-refractivity contribution in [1.82, 2.24) is 5.32 Å². The van der Waals surface area contributed by atoms with Gasteiger partial charge in [-0.25, -0.2) is 0 Å². The topological polar surface area (TPSA) is 21.3 Å². The first-order valence-electron chi connectivity index (χ1n) is 5.77. The second kappa shape index (κ2) is 7.07. The summed E-state index contributed by atoms with van der Waals surface area (Å²) < 4.78 is 5.07. The predicted octanol–water partition coefficient (Wildman–Crippen LogP) is 3.20. The first-order valence-corrected chi connectivity index (χ1v) is 5.77. The normalized spacial score (nSPS) is 12.1. The quantitative estimate of drug-likeness (QED) is 0.561. The maximum Gasteiger partial charge on any atom is 0.0885 e. The van der Waals surface area contributed by atoms with E-state index in [1.165, 1.54) is 17.4 Å². The maximum absolute atomic E-state index is 5.07. The molecule has 0 spiro atoms. The van der Waals surface area contributed by atoms with Gasteiger partial charge in [-0.05, 0) is 37.9 Å². The van der Waals surface area contributed by atoms with E-state index in [1.54, 1.807) is 0 Å². The van der Waals surface area contributed by atoms with Gasteiger partial charge in [-0.3, -0.25) is 0 Å². The summed E-state index contributed by atoms with van der Waals surface area (Å²) in [6, 6.07) is 8.87. The van der Waals surface area contributed by atoms with Gasteiger partial charge in [0.15, 0.2) is 0 Å². The molecule has 1 N–H and O–H groups in total. The molecule has 16 heavy (non-hydrogen) atoms. The standard InChI is InChI=1S/C14H21NO/c1-4-16-11-7-10-15-13(3)14-9-6-5-8-12(14)2/h4-6,8-9,13,15H,1,7,10-11H2,2-3H3. The van der Waals surface area contributed by atoms with Crippen LogP contribution in [-0.4, -0.2) is 13.2 Å². The highest BCUT2D eigenvalue weighted by atomic mass is 16.5. The predicted molar refractivity (Wildman–Crippen MR) is 68.4 cm³/mol. The highest BCUT2D eigenvalue weighted by Crippen LogP contribution is 2.16. The van der Waals surface area contributed by atoms with Crippen LogP contribution < -0.4 is 5.32 Å². The zero-order valence-electron chi connectivity index (χ0n) is 10.2. The molecule has 0 amide bonds. The Kier molecular flexibility index (Phi) is 5.65. The summed E-state index contributed by atoms with van der Waals surface area (Å²) in [6.07, 6.45) is 2.49. The van der Waals surface area contributed by atoms with Crippen LogP contribution >= 0.6 is 0 Å². The van der Waals surface area contributed by atoms with Crippen LogP contribution in [0.2, 0.25) is 0 Å². The van der Waals surface area contributed by atoms with Crippen LogP contribution in [0, 0.1) is 6.92 Å². The first-order chi connectivity index (χ1) is 7.75. The zero-order valence-corrected chi connectivity index (χ0v) is 10.2. The molecule has 0 radical (unpaired) electrons. The van der Waals surface area contributed by atoms with E-state index in [-0.39, 0.29) is 0 Å². The smallest absolute Gasteiger partial charge is 0.0885 e. The molecule has 0 saturated carbocycles. The summed E-state index contributed by atoms with van der Waals surface area (Å²) in [5.74, 6) is 0. The average molecular weight is 219 g/mol. The maximum atomic E-state index is 5.07. The SMILES string of the molecule is C=COCCCNC(C)c1ccccc1C. The molecule has 0 aromatic heterocycles. The van der Waals surface area contributed by atoms with E-state index in [0.717, 1.165) is 19.6 Å². The van der Waals surface area contributed by atoms with Crippen molar-refractivity contribution in [2.75, 3.05) is 13.2 Å². The lowest BCUT2D eigenvalue weighted by atomic mass is 10.0. The molecule has 0 fully saturated rings. The van der Waals surface area contributed by atoms with Crippen molar-refractivity contribution in [3.05, 3.63) is 48.2 Å². The van der Waals surface area contributed by atoms with Gasteiger partial charge in [0.2, 0.25) is 0 Å². The lowest BCUT2D eigenvalue weighted by Gasteiger charge is -2.16. The molecule has 0 aliphatic carbocycles. The highest BCUT2D eigenvalue weighted by molar-refractivity contribution is 5.28. The minimum absolute atomic E-state index is 0.393. The molecule has 1 atom stereocenters. The summed E-state index contributed by atoms with van der Waals surface area (Å²) in [5, 5.41) is 3.48. The molecule has 1 aromatic rings. The van der Waals surface area contributed by atoms with Crippen molar-refractivity contribution in [3.8, 4) is 0 Å². The fourth-order valence-corrected chi connectivity index (χ4v) is 1.74. The monoisotopic (exact) mass is 219 g/mol. The summed E-state index contributed by atoms with van der Waals surface area (Å²) in [7, 11) is 0. The third-order valence-electron chi connectivity index (χ3n) is 2.66. The lowest BCUT2D eigenvalue weighted by Crippen LogP contribution is -2.21. The molecular weight excluding hydrogens is 198 g/mol. The van der Waals surface area contributed by atoms with Gasteiger partial charge in [0.05, 0.1) is 12.9 Å². The van der Waals surface area contributed by atoms with Crippen molar-refractivity contribution < 1.29 is 4.74 Å². The number of aryl methyl sites for hydroxylation is 1. The summed E-state index contributed by atoms with van der Waals surface area (Å²) in [6.45, 7) is 9.54. The van der Waals surface area contributed by atoms with Crippen LogP contribution in [0.1, 0.15) is 30.5 Å². The summed E-state index contributed by atoms with van der Waals surface area (Å²) >= 11 is 0. The Labute approximate surface area is 98.3 Å². The number of benzene rings is 1. The Bertz CT molecular complexity index is 322. The zero-order chi connectivity index (χ0) is 11.8. The van der Waals surface area contributed by atoms with E-state index in [4.69, 9.17) is 4.74 Å². The fourth-order valence-electron chi connectivity index (χ4n) is 1.74. The van der Waals surface area contributed by atoms with Gasteiger partial charge in [0, 0.05) is 6.04 Å². The van der Waals surface area contributed by atoms with E-state index in [0.29, 0.717) is 6.04 Å². The molecule has 0 aliphatic heterocycles. The van der Waals surface area contributed by atoms with E-state index in [9.17, 15) is 0 Å². The Morgan fingerprint density at radius 2 is 2.19 bits per heavy atom. The van der Waals surface area contributed by atoms with Gasteiger partial charge in [-0.15, -0.1) is 0 Å². The first kappa shape index (κ1) is 12.8. The third kappa shape index (κ3) is 4.07. The largest absolute Gasteiger partial charge is 0.502 e. The van der Waals surface area contributed by atoms with Gasteiger partial charge >= 0.3 is 0 Å². The van der Waals surface area contributed by atoms with Gasteiger partial charge in [0.1, 0.15) is 0 Å². The van der Waals surface area contributed by atoms with Crippen LogP contribution in [0.25, 0.3) is 0 Å². The molecule has 0 bridgehead atoms. The number of hydrogen-bond donors (Lipinski definition) is 1. The Morgan fingerprint density at radius 3 is 2.88 bits per heavy atom. The number of ether oxygens (including phenoxy) is 1. The van der Waals surface area contributed by atoms with E-state index < -0.39 is 0 Å². The van der Waals surface area contributed by atoms with Gasteiger partial charge in [-0.2, -0.15) is 0 Å². The third-order valence-corrected chi connectivity index (χ3v) is 2.66. The second-order valence-corrected chi connectivity index (χ2v) is 3.92. The van der Waals surface area contributed by atoms with E-state index in [1.807, 2.05) is 0 Å². The minimum Gasteiger partial charge on any atom is -0.502 e. The average Bonchev–Trinajstić information content (AvgIpc) is 2.29. The van der Waals surface area contributed by atoms with Crippen LogP contribution in [0.4, 0.5) is 0 Å². The van der Waals surface area contributed by atoms with Crippen LogP contribution in [0.3, 0.4) is 0 Å². The number of rotatable bonds is 7. The number of nitrogens with one attached hydrogen (secondary N) is 1. The van der Waals surface area contributed by atoms with Crippen LogP contribution in [0.5, 0.6) is 0 Å². The molecule has 1 unspecified atom stereocenters. The van der Waals surface area contributed by atoms with Crippen molar-refractivity contribution in [1.29, 1.82) is 0 Å². The molecule has 2 heteroatoms. The minimum atomic E-state index is 0.393. The molecule has 1 aromatic carbocycles. The molecule has 0 aliphatic rings. The van der Waals surface area contributed by atoms with Gasteiger partial charge in [-0.1, -0.05) is 30.8 Å². The van der Waals surface area contributed by atoms with Crippen molar-refractivity contribution in [2.45, 2.75) is 26.3 Å². The lowest BCUT2D eigenvalue weighted by molar-refractivity contribution is 0.243. The number of hydrogen-bond acceptors (Lipinski definition) is 2. The van der Waals surface area contributed by atoms with Crippen molar-refractivity contribution in [3.63, 3.8) is 0 Å². The van der Waals surface area contributed by atoms with E-state index in [2.05, 4.69) is 50.0 Å². The van der Waals surface area contributed by atoms with E-state index >= 15 is 0 Å². The molecule has 2 nitrogen and oxygen atoms in total. The second-order valence-electron chi connectivity index (χ2n) is 3.92. The molecule has 88 valence electrons. The fraction of sp³-hybridized carbons (Fsp3) is 0.429. The molecular formula is C14H21NO. The molecule has 0 heterocycles. The summed E-state index contributed by atoms with van der Waals surface area (Å²) in [4.78, 5) is 0. The van der Waals surface area contributed by atoms with Gasteiger partial charge in [0.25, 0.3) is 0 Å². The highest BCUT2D eigenvalue weighted by Gasteiger charge is 2.05. The van der Waals surface area contributed by atoms with Crippen molar-refractivity contribution >= 4 is 0 Å².